The highest BCUT2D eigenvalue weighted by molar-refractivity contribution is 6.29. The van der Waals surface area contributed by atoms with Gasteiger partial charge in [-0.25, -0.2) is 9.97 Å². The number of aromatic nitrogens is 2. The number of rotatable bonds is 3. The number of nitrogens with one attached hydrogen (secondary N) is 1. The molecule has 6 nitrogen and oxygen atoms in total. The van der Waals surface area contributed by atoms with Crippen molar-refractivity contribution in [1.82, 2.24) is 20.2 Å². The van der Waals surface area contributed by atoms with Crippen LogP contribution in [0.1, 0.15) is 30.3 Å². The molecule has 2 amide bonds. The molecule has 1 unspecified atom stereocenters. The lowest BCUT2D eigenvalue weighted by molar-refractivity contribution is -0.131. The fourth-order valence-electron chi connectivity index (χ4n) is 1.97. The predicted molar refractivity (Wildman–Crippen MR) is 69.8 cm³/mol. The Kier molecular flexibility index (Phi) is 4.31. The van der Waals surface area contributed by atoms with Crippen molar-refractivity contribution in [1.29, 1.82) is 0 Å². The molecule has 0 aromatic carbocycles. The zero-order chi connectivity index (χ0) is 13.8. The fourth-order valence-corrected chi connectivity index (χ4v) is 2.07. The Morgan fingerprint density at radius 1 is 1.32 bits per heavy atom. The second kappa shape index (κ2) is 5.97. The van der Waals surface area contributed by atoms with E-state index in [0.717, 1.165) is 25.9 Å². The van der Waals surface area contributed by atoms with Crippen LogP contribution in [0.5, 0.6) is 0 Å². The van der Waals surface area contributed by atoms with Crippen molar-refractivity contribution < 1.29 is 9.59 Å². The average molecular weight is 283 g/mol. The lowest BCUT2D eigenvalue weighted by Crippen LogP contribution is -2.46. The summed E-state index contributed by atoms with van der Waals surface area (Å²) in [5.74, 6) is -0.489. The highest BCUT2D eigenvalue weighted by Gasteiger charge is 2.24. The summed E-state index contributed by atoms with van der Waals surface area (Å²) < 4.78 is 0. The van der Waals surface area contributed by atoms with E-state index in [4.69, 9.17) is 11.6 Å². The normalized spacial score (nSPS) is 16.2. The molecule has 2 rings (SSSR count). The minimum Gasteiger partial charge on any atom is -0.341 e. The summed E-state index contributed by atoms with van der Waals surface area (Å²) in [5, 5.41) is 2.84. The average Bonchev–Trinajstić information content (AvgIpc) is 2.92. The molecule has 0 radical (unpaired) electrons. The van der Waals surface area contributed by atoms with E-state index in [1.54, 1.807) is 11.8 Å². The second-order valence-corrected chi connectivity index (χ2v) is 4.84. The molecule has 0 saturated carbocycles. The molecule has 2 heterocycles. The number of amides is 2. The molecule has 1 atom stereocenters. The Balaban J connectivity index is 1.94. The zero-order valence-electron chi connectivity index (χ0n) is 10.6. The number of hydrogen-bond acceptors (Lipinski definition) is 4. The van der Waals surface area contributed by atoms with Crippen LogP contribution in [0.2, 0.25) is 5.15 Å². The monoisotopic (exact) mass is 282 g/mol. The van der Waals surface area contributed by atoms with Crippen LogP contribution in [0, 0.1) is 0 Å². The van der Waals surface area contributed by atoms with Gasteiger partial charge in [0.2, 0.25) is 5.91 Å². The lowest BCUT2D eigenvalue weighted by Gasteiger charge is -2.20. The lowest BCUT2D eigenvalue weighted by atomic mass is 10.2. The molecule has 7 heteroatoms. The van der Waals surface area contributed by atoms with Crippen molar-refractivity contribution in [2.24, 2.45) is 0 Å². The van der Waals surface area contributed by atoms with Crippen molar-refractivity contribution in [3.05, 3.63) is 23.2 Å². The Hall–Kier alpha value is -1.69. The molecule has 1 N–H and O–H groups in total. The molecule has 1 aliphatic heterocycles. The van der Waals surface area contributed by atoms with Crippen LogP contribution in [0.25, 0.3) is 0 Å². The van der Waals surface area contributed by atoms with E-state index in [0.29, 0.717) is 0 Å². The summed E-state index contributed by atoms with van der Waals surface area (Å²) in [6, 6.07) is -0.567. The topological polar surface area (TPSA) is 75.2 Å². The number of likely N-dealkylation sites (tertiary alicyclic amines) is 1. The fraction of sp³-hybridized carbons (Fsp3) is 0.500. The molecular weight excluding hydrogens is 268 g/mol. The van der Waals surface area contributed by atoms with Crippen LogP contribution < -0.4 is 5.32 Å². The van der Waals surface area contributed by atoms with Gasteiger partial charge in [-0.3, -0.25) is 9.59 Å². The van der Waals surface area contributed by atoms with E-state index in [9.17, 15) is 9.59 Å². The predicted octanol–water partition coefficient (Wildman–Crippen LogP) is 0.871. The molecule has 1 aromatic rings. The van der Waals surface area contributed by atoms with Gasteiger partial charge >= 0.3 is 0 Å². The van der Waals surface area contributed by atoms with Crippen LogP contribution in [-0.2, 0) is 4.79 Å². The Morgan fingerprint density at radius 2 is 2.00 bits per heavy atom. The number of carbonyl (C=O) groups is 2. The first-order valence-electron chi connectivity index (χ1n) is 6.15. The van der Waals surface area contributed by atoms with Gasteiger partial charge in [-0.15, -0.1) is 0 Å². The van der Waals surface area contributed by atoms with Gasteiger partial charge in [-0.05, 0) is 19.8 Å². The van der Waals surface area contributed by atoms with Gasteiger partial charge in [0.25, 0.3) is 5.91 Å². The van der Waals surface area contributed by atoms with Gasteiger partial charge < -0.3 is 10.2 Å². The maximum Gasteiger partial charge on any atom is 0.272 e. The van der Waals surface area contributed by atoms with Crippen molar-refractivity contribution in [3.8, 4) is 0 Å². The smallest absolute Gasteiger partial charge is 0.272 e. The maximum atomic E-state index is 12.0. The highest BCUT2D eigenvalue weighted by Crippen LogP contribution is 2.09. The van der Waals surface area contributed by atoms with Gasteiger partial charge in [-0.2, -0.15) is 0 Å². The molecule has 1 aliphatic rings. The summed E-state index contributed by atoms with van der Waals surface area (Å²) in [6.45, 7) is 3.20. The molecule has 1 saturated heterocycles. The van der Waals surface area contributed by atoms with Crippen LogP contribution in [0.4, 0.5) is 0 Å². The first kappa shape index (κ1) is 13.7. The molecule has 102 valence electrons. The van der Waals surface area contributed by atoms with E-state index in [1.807, 2.05) is 0 Å². The van der Waals surface area contributed by atoms with Crippen LogP contribution in [0.3, 0.4) is 0 Å². The highest BCUT2D eigenvalue weighted by atomic mass is 35.5. The third-order valence-corrected chi connectivity index (χ3v) is 3.18. The number of nitrogens with zero attached hydrogens (tertiary/aromatic N) is 3. The standard InChI is InChI=1S/C12H15ClN4O2/c1-8(12(19)17-4-2-3-5-17)16-11(18)9-6-15-10(13)7-14-9/h6-8H,2-5H2,1H3,(H,16,18). The molecule has 19 heavy (non-hydrogen) atoms. The van der Waals surface area contributed by atoms with E-state index >= 15 is 0 Å². The Labute approximate surface area is 116 Å². The van der Waals surface area contributed by atoms with Gasteiger partial charge in [0.15, 0.2) is 0 Å². The summed E-state index contributed by atoms with van der Waals surface area (Å²) >= 11 is 5.59. The van der Waals surface area contributed by atoms with Crippen molar-refractivity contribution in [2.45, 2.75) is 25.8 Å². The summed E-state index contributed by atoms with van der Waals surface area (Å²) in [7, 11) is 0. The largest absolute Gasteiger partial charge is 0.341 e. The van der Waals surface area contributed by atoms with E-state index in [2.05, 4.69) is 15.3 Å². The minimum atomic E-state index is -0.567. The van der Waals surface area contributed by atoms with Crippen molar-refractivity contribution >= 4 is 23.4 Å². The summed E-state index contributed by atoms with van der Waals surface area (Å²) in [6.07, 6.45) is 4.62. The van der Waals surface area contributed by atoms with Crippen LogP contribution in [0.15, 0.2) is 12.4 Å². The number of carbonyl (C=O) groups excluding carboxylic acids is 2. The molecule has 0 spiro atoms. The molecule has 0 aliphatic carbocycles. The van der Waals surface area contributed by atoms with Gasteiger partial charge in [0.1, 0.15) is 16.9 Å². The first-order chi connectivity index (χ1) is 9.08. The maximum absolute atomic E-state index is 12.0. The minimum absolute atomic E-state index is 0.0622. The zero-order valence-corrected chi connectivity index (χ0v) is 11.4. The van der Waals surface area contributed by atoms with E-state index < -0.39 is 11.9 Å². The number of halogens is 1. The Morgan fingerprint density at radius 3 is 2.58 bits per heavy atom. The second-order valence-electron chi connectivity index (χ2n) is 4.45. The molecular formula is C12H15ClN4O2. The van der Waals surface area contributed by atoms with Gasteiger partial charge in [0.05, 0.1) is 12.4 Å². The Bertz CT molecular complexity index is 471. The van der Waals surface area contributed by atoms with Crippen LogP contribution in [-0.4, -0.2) is 45.8 Å². The summed E-state index contributed by atoms with van der Waals surface area (Å²) in [5.41, 5.74) is 0.144. The molecule has 1 fully saturated rings. The van der Waals surface area contributed by atoms with Crippen molar-refractivity contribution in [3.63, 3.8) is 0 Å². The van der Waals surface area contributed by atoms with Gasteiger partial charge in [0, 0.05) is 13.1 Å². The first-order valence-corrected chi connectivity index (χ1v) is 6.53. The van der Waals surface area contributed by atoms with Crippen LogP contribution >= 0.6 is 11.6 Å². The number of hydrogen-bond donors (Lipinski definition) is 1. The van der Waals surface area contributed by atoms with E-state index in [-0.39, 0.29) is 16.8 Å². The quantitative estimate of drug-likeness (QED) is 0.893. The van der Waals surface area contributed by atoms with E-state index in [1.165, 1.54) is 12.4 Å². The van der Waals surface area contributed by atoms with Crippen molar-refractivity contribution in [2.75, 3.05) is 13.1 Å². The van der Waals surface area contributed by atoms with Gasteiger partial charge in [-0.1, -0.05) is 11.6 Å². The molecule has 0 bridgehead atoms. The summed E-state index contributed by atoms with van der Waals surface area (Å²) in [4.78, 5) is 33.3. The molecule has 1 aromatic heterocycles. The third kappa shape index (κ3) is 3.41. The third-order valence-electron chi connectivity index (χ3n) is 2.99. The SMILES string of the molecule is CC(NC(=O)c1cnc(Cl)cn1)C(=O)N1CCCC1.